The lowest BCUT2D eigenvalue weighted by Gasteiger charge is -2.23. The summed E-state index contributed by atoms with van der Waals surface area (Å²) < 4.78 is 0. The molecule has 0 aromatic heterocycles. The van der Waals surface area contributed by atoms with Gasteiger partial charge in [-0.05, 0) is 16.3 Å². The van der Waals surface area contributed by atoms with Gasteiger partial charge in [-0.25, -0.2) is 0 Å². The number of rotatable bonds is 6. The van der Waals surface area contributed by atoms with E-state index in [2.05, 4.69) is 5.32 Å². The van der Waals surface area contributed by atoms with E-state index < -0.39 is 12.0 Å². The van der Waals surface area contributed by atoms with Crippen LogP contribution in [0.5, 0.6) is 0 Å². The van der Waals surface area contributed by atoms with Crippen LogP contribution in [0.3, 0.4) is 0 Å². The SMILES string of the molecule is O=C(O)C[C@@H](NC(=O)CC1CSCCS1)c1cccc2ccccc12. The molecule has 2 aromatic rings. The molecular formula is C19H21NO3S2. The van der Waals surface area contributed by atoms with E-state index in [0.717, 1.165) is 33.6 Å². The number of fused-ring (bicyclic) bond motifs is 1. The van der Waals surface area contributed by atoms with Crippen molar-refractivity contribution in [2.45, 2.75) is 24.1 Å². The largest absolute Gasteiger partial charge is 0.481 e. The van der Waals surface area contributed by atoms with Gasteiger partial charge in [-0.1, -0.05) is 42.5 Å². The molecule has 0 spiro atoms. The van der Waals surface area contributed by atoms with Crippen molar-refractivity contribution < 1.29 is 14.7 Å². The van der Waals surface area contributed by atoms with E-state index in [9.17, 15) is 14.7 Å². The summed E-state index contributed by atoms with van der Waals surface area (Å²) in [5.41, 5.74) is 0.861. The highest BCUT2D eigenvalue weighted by atomic mass is 32.2. The lowest BCUT2D eigenvalue weighted by atomic mass is 9.96. The number of carbonyl (C=O) groups is 2. The second kappa shape index (κ2) is 8.63. The molecule has 1 aliphatic rings. The molecule has 0 saturated carbocycles. The minimum atomic E-state index is -0.916. The van der Waals surface area contributed by atoms with Gasteiger partial charge in [-0.3, -0.25) is 9.59 Å². The maximum Gasteiger partial charge on any atom is 0.305 e. The van der Waals surface area contributed by atoms with E-state index >= 15 is 0 Å². The Morgan fingerprint density at radius 3 is 2.72 bits per heavy atom. The second-order valence-corrected chi connectivity index (χ2v) is 8.62. The monoisotopic (exact) mass is 375 g/mol. The van der Waals surface area contributed by atoms with E-state index in [0.29, 0.717) is 11.7 Å². The first kappa shape index (κ1) is 18.1. The molecule has 0 aliphatic carbocycles. The summed E-state index contributed by atoms with van der Waals surface area (Å²) in [5, 5.41) is 14.6. The second-order valence-electron chi connectivity index (χ2n) is 6.06. The maximum absolute atomic E-state index is 12.5. The fraction of sp³-hybridized carbons (Fsp3) is 0.368. The van der Waals surface area contributed by atoms with Crippen LogP contribution in [0, 0.1) is 0 Å². The van der Waals surface area contributed by atoms with Crippen LogP contribution in [0.25, 0.3) is 10.8 Å². The van der Waals surface area contributed by atoms with E-state index in [4.69, 9.17) is 0 Å². The molecule has 1 heterocycles. The fourth-order valence-electron chi connectivity index (χ4n) is 3.08. The molecular weight excluding hydrogens is 354 g/mol. The van der Waals surface area contributed by atoms with Gasteiger partial charge in [-0.2, -0.15) is 23.5 Å². The van der Waals surface area contributed by atoms with Crippen molar-refractivity contribution in [2.75, 3.05) is 17.3 Å². The van der Waals surface area contributed by atoms with Crippen LogP contribution in [0.1, 0.15) is 24.4 Å². The summed E-state index contributed by atoms with van der Waals surface area (Å²) in [4.78, 5) is 23.8. The molecule has 6 heteroatoms. The molecule has 1 aliphatic heterocycles. The number of amides is 1. The zero-order chi connectivity index (χ0) is 17.6. The normalized spacial score (nSPS) is 18.6. The number of nitrogens with one attached hydrogen (secondary N) is 1. The van der Waals surface area contributed by atoms with Crippen LogP contribution in [0.4, 0.5) is 0 Å². The third-order valence-electron chi connectivity index (χ3n) is 4.21. The first-order chi connectivity index (χ1) is 12.1. The topological polar surface area (TPSA) is 66.4 Å². The predicted molar refractivity (Wildman–Crippen MR) is 105 cm³/mol. The van der Waals surface area contributed by atoms with E-state index in [1.54, 1.807) is 0 Å². The van der Waals surface area contributed by atoms with Crippen molar-refractivity contribution in [3.63, 3.8) is 0 Å². The van der Waals surface area contributed by atoms with Gasteiger partial charge in [0.1, 0.15) is 0 Å². The van der Waals surface area contributed by atoms with Crippen LogP contribution in [0.2, 0.25) is 0 Å². The Morgan fingerprint density at radius 2 is 1.96 bits per heavy atom. The number of carboxylic acid groups (broad SMARTS) is 1. The summed E-state index contributed by atoms with van der Waals surface area (Å²) in [7, 11) is 0. The Morgan fingerprint density at radius 1 is 1.16 bits per heavy atom. The summed E-state index contributed by atoms with van der Waals surface area (Å²) in [6.45, 7) is 0. The minimum absolute atomic E-state index is 0.0702. The number of hydrogen-bond acceptors (Lipinski definition) is 4. The van der Waals surface area contributed by atoms with Crippen molar-refractivity contribution in [3.05, 3.63) is 48.0 Å². The number of carboxylic acids is 1. The van der Waals surface area contributed by atoms with Gasteiger partial charge >= 0.3 is 5.97 Å². The zero-order valence-corrected chi connectivity index (χ0v) is 15.4. The smallest absolute Gasteiger partial charge is 0.305 e. The molecule has 1 amide bonds. The average molecular weight is 376 g/mol. The molecule has 2 atom stereocenters. The Labute approximate surface area is 155 Å². The highest BCUT2D eigenvalue weighted by Crippen LogP contribution is 2.29. The quantitative estimate of drug-likeness (QED) is 0.806. The van der Waals surface area contributed by atoms with Gasteiger partial charge in [0.15, 0.2) is 0 Å². The minimum Gasteiger partial charge on any atom is -0.481 e. The first-order valence-corrected chi connectivity index (χ1v) is 10.5. The van der Waals surface area contributed by atoms with Crippen LogP contribution < -0.4 is 5.32 Å². The van der Waals surface area contributed by atoms with E-state index in [-0.39, 0.29) is 12.3 Å². The molecule has 132 valence electrons. The Hall–Kier alpha value is -1.66. The van der Waals surface area contributed by atoms with Crippen molar-refractivity contribution in [1.82, 2.24) is 5.32 Å². The van der Waals surface area contributed by atoms with Crippen molar-refractivity contribution in [3.8, 4) is 0 Å². The number of hydrogen-bond donors (Lipinski definition) is 2. The van der Waals surface area contributed by atoms with Gasteiger partial charge in [0.25, 0.3) is 0 Å². The van der Waals surface area contributed by atoms with Crippen molar-refractivity contribution in [2.24, 2.45) is 0 Å². The Bertz CT molecular complexity index is 754. The molecule has 0 radical (unpaired) electrons. The molecule has 25 heavy (non-hydrogen) atoms. The van der Waals surface area contributed by atoms with Crippen LogP contribution in [0.15, 0.2) is 42.5 Å². The van der Waals surface area contributed by atoms with Crippen LogP contribution >= 0.6 is 23.5 Å². The van der Waals surface area contributed by atoms with Crippen LogP contribution in [-0.2, 0) is 9.59 Å². The molecule has 1 saturated heterocycles. The Balaban J connectivity index is 1.79. The molecule has 2 N–H and O–H groups in total. The highest BCUT2D eigenvalue weighted by Gasteiger charge is 2.23. The van der Waals surface area contributed by atoms with Crippen molar-refractivity contribution in [1.29, 1.82) is 0 Å². The number of carbonyl (C=O) groups excluding carboxylic acids is 1. The molecule has 3 rings (SSSR count). The molecule has 2 aromatic carbocycles. The summed E-state index contributed by atoms with van der Waals surface area (Å²) in [6.07, 6.45) is 0.324. The average Bonchev–Trinajstić information content (AvgIpc) is 2.61. The highest BCUT2D eigenvalue weighted by molar-refractivity contribution is 8.06. The fourth-order valence-corrected chi connectivity index (χ4v) is 5.76. The van der Waals surface area contributed by atoms with Crippen LogP contribution in [-0.4, -0.2) is 39.5 Å². The number of aliphatic carboxylic acids is 1. The molecule has 1 unspecified atom stereocenters. The van der Waals surface area contributed by atoms with E-state index in [1.807, 2.05) is 66.0 Å². The molecule has 0 bridgehead atoms. The standard InChI is InChI=1S/C19H21NO3S2/c21-18(10-14-12-24-8-9-25-14)20-17(11-19(22)23)16-7-3-5-13-4-1-2-6-15(13)16/h1-7,14,17H,8-12H2,(H,20,21)(H,22,23)/t14?,17-/m1/s1. The van der Waals surface area contributed by atoms with E-state index in [1.165, 1.54) is 0 Å². The van der Waals surface area contributed by atoms with Crippen molar-refractivity contribution >= 4 is 46.2 Å². The predicted octanol–water partition coefficient (Wildman–Crippen LogP) is 3.71. The number of thioether (sulfide) groups is 2. The third kappa shape index (κ3) is 4.92. The van der Waals surface area contributed by atoms with Gasteiger partial charge in [0, 0.05) is 28.9 Å². The third-order valence-corrected chi connectivity index (χ3v) is 7.06. The first-order valence-electron chi connectivity index (χ1n) is 8.31. The van der Waals surface area contributed by atoms with Gasteiger partial charge in [-0.15, -0.1) is 0 Å². The number of benzene rings is 2. The van der Waals surface area contributed by atoms with Gasteiger partial charge < -0.3 is 10.4 Å². The Kier molecular flexibility index (Phi) is 6.26. The maximum atomic E-state index is 12.5. The zero-order valence-electron chi connectivity index (χ0n) is 13.8. The lowest BCUT2D eigenvalue weighted by molar-refractivity contribution is -0.137. The molecule has 1 fully saturated rings. The summed E-state index contributed by atoms with van der Waals surface area (Å²) >= 11 is 3.71. The van der Waals surface area contributed by atoms with Gasteiger partial charge in [0.05, 0.1) is 12.5 Å². The summed E-state index contributed by atoms with van der Waals surface area (Å²) in [6, 6.07) is 13.1. The van der Waals surface area contributed by atoms with Gasteiger partial charge in [0.2, 0.25) is 5.91 Å². The molecule has 4 nitrogen and oxygen atoms in total. The lowest BCUT2D eigenvalue weighted by Crippen LogP contribution is -2.33. The summed E-state index contributed by atoms with van der Waals surface area (Å²) in [5.74, 6) is 2.21.